The number of pyridine rings is 1. The molecule has 4 nitrogen and oxygen atoms in total. The molecule has 0 radical (unpaired) electrons. The SMILES string of the molecule is Cc1cccc(C(=O)Cc2cnn(C)c2)n1. The zero-order valence-corrected chi connectivity index (χ0v) is 9.34. The molecule has 0 amide bonds. The summed E-state index contributed by atoms with van der Waals surface area (Å²) in [4.78, 5) is 16.1. The number of ketones is 1. The van der Waals surface area contributed by atoms with Crippen molar-refractivity contribution >= 4 is 5.78 Å². The van der Waals surface area contributed by atoms with E-state index in [0.29, 0.717) is 12.1 Å². The van der Waals surface area contributed by atoms with Crippen molar-refractivity contribution in [1.82, 2.24) is 14.8 Å². The molecule has 2 aromatic rings. The molecule has 0 atom stereocenters. The molecule has 2 heterocycles. The van der Waals surface area contributed by atoms with Gasteiger partial charge in [0.15, 0.2) is 5.78 Å². The Kier molecular flexibility index (Phi) is 2.81. The van der Waals surface area contributed by atoms with E-state index in [-0.39, 0.29) is 5.78 Å². The van der Waals surface area contributed by atoms with Gasteiger partial charge < -0.3 is 0 Å². The van der Waals surface area contributed by atoms with E-state index < -0.39 is 0 Å². The Labute approximate surface area is 93.9 Å². The summed E-state index contributed by atoms with van der Waals surface area (Å²) in [6.45, 7) is 1.88. The number of hydrogen-bond donors (Lipinski definition) is 0. The Bertz CT molecular complexity index is 516. The van der Waals surface area contributed by atoms with Crippen molar-refractivity contribution in [2.45, 2.75) is 13.3 Å². The van der Waals surface area contributed by atoms with Crippen molar-refractivity contribution < 1.29 is 4.79 Å². The number of carbonyl (C=O) groups is 1. The van der Waals surface area contributed by atoms with Crippen molar-refractivity contribution in [2.75, 3.05) is 0 Å². The first-order valence-corrected chi connectivity index (χ1v) is 5.09. The molecule has 0 bridgehead atoms. The van der Waals surface area contributed by atoms with Gasteiger partial charge in [-0.05, 0) is 24.6 Å². The molecular formula is C12H13N3O. The minimum Gasteiger partial charge on any atom is -0.292 e. The number of Topliss-reactive ketones (excluding diaryl/α,β-unsaturated/α-hetero) is 1. The van der Waals surface area contributed by atoms with E-state index in [1.807, 2.05) is 32.3 Å². The Balaban J connectivity index is 2.14. The van der Waals surface area contributed by atoms with E-state index in [2.05, 4.69) is 10.1 Å². The molecule has 0 aliphatic carbocycles. The Hall–Kier alpha value is -1.97. The summed E-state index contributed by atoms with van der Waals surface area (Å²) >= 11 is 0. The second-order valence-electron chi connectivity index (χ2n) is 3.79. The van der Waals surface area contributed by atoms with Crippen LogP contribution in [0.3, 0.4) is 0 Å². The first kappa shape index (κ1) is 10.5. The monoisotopic (exact) mass is 215 g/mol. The number of aryl methyl sites for hydroxylation is 2. The van der Waals surface area contributed by atoms with Crippen LogP contribution in [0.5, 0.6) is 0 Å². The van der Waals surface area contributed by atoms with Crippen molar-refractivity contribution in [2.24, 2.45) is 7.05 Å². The van der Waals surface area contributed by atoms with Crippen LogP contribution in [0, 0.1) is 6.92 Å². The van der Waals surface area contributed by atoms with Crippen molar-refractivity contribution in [3.63, 3.8) is 0 Å². The lowest BCUT2D eigenvalue weighted by molar-refractivity contribution is 0.0988. The van der Waals surface area contributed by atoms with Gasteiger partial charge in [0.05, 0.1) is 6.20 Å². The maximum absolute atomic E-state index is 11.9. The van der Waals surface area contributed by atoms with Crippen LogP contribution in [0.1, 0.15) is 21.7 Å². The first-order chi connectivity index (χ1) is 7.65. The van der Waals surface area contributed by atoms with Crippen LogP contribution >= 0.6 is 0 Å². The molecule has 4 heteroatoms. The van der Waals surface area contributed by atoms with E-state index in [4.69, 9.17) is 0 Å². The maximum atomic E-state index is 11.9. The van der Waals surface area contributed by atoms with Crippen LogP contribution in [0.15, 0.2) is 30.6 Å². The molecule has 0 aromatic carbocycles. The normalized spacial score (nSPS) is 10.4. The van der Waals surface area contributed by atoms with Gasteiger partial charge in [-0.1, -0.05) is 6.07 Å². The fourth-order valence-electron chi connectivity index (χ4n) is 1.54. The molecule has 2 rings (SSSR count). The number of carbonyl (C=O) groups excluding carboxylic acids is 1. The predicted octanol–water partition coefficient (Wildman–Crippen LogP) is 1.55. The van der Waals surface area contributed by atoms with Crippen LogP contribution in [0.2, 0.25) is 0 Å². The highest BCUT2D eigenvalue weighted by atomic mass is 16.1. The van der Waals surface area contributed by atoms with Crippen molar-refractivity contribution in [3.8, 4) is 0 Å². The Morgan fingerprint density at radius 2 is 2.25 bits per heavy atom. The molecule has 0 saturated heterocycles. The lowest BCUT2D eigenvalue weighted by atomic mass is 10.1. The van der Waals surface area contributed by atoms with Gasteiger partial charge in [0, 0.05) is 25.4 Å². The Morgan fingerprint density at radius 1 is 1.44 bits per heavy atom. The zero-order chi connectivity index (χ0) is 11.5. The van der Waals surface area contributed by atoms with Crippen LogP contribution in [0.4, 0.5) is 0 Å². The third-order valence-electron chi connectivity index (χ3n) is 2.30. The third-order valence-corrected chi connectivity index (χ3v) is 2.30. The number of aromatic nitrogens is 3. The highest BCUT2D eigenvalue weighted by molar-refractivity contribution is 5.95. The lowest BCUT2D eigenvalue weighted by Gasteiger charge is -1.99. The second kappa shape index (κ2) is 4.26. The van der Waals surface area contributed by atoms with E-state index in [1.165, 1.54) is 0 Å². The summed E-state index contributed by atoms with van der Waals surface area (Å²) < 4.78 is 1.69. The average molecular weight is 215 g/mol. The van der Waals surface area contributed by atoms with Gasteiger partial charge in [-0.2, -0.15) is 5.10 Å². The third kappa shape index (κ3) is 2.34. The highest BCUT2D eigenvalue weighted by Gasteiger charge is 2.09. The largest absolute Gasteiger partial charge is 0.292 e. The molecule has 0 aliphatic heterocycles. The van der Waals surface area contributed by atoms with Crippen molar-refractivity contribution in [3.05, 3.63) is 47.5 Å². The quantitative estimate of drug-likeness (QED) is 0.730. The topological polar surface area (TPSA) is 47.8 Å². The summed E-state index contributed by atoms with van der Waals surface area (Å²) in [5.41, 5.74) is 2.29. The number of rotatable bonds is 3. The fraction of sp³-hybridized carbons (Fsp3) is 0.250. The van der Waals surface area contributed by atoms with Gasteiger partial charge >= 0.3 is 0 Å². The summed E-state index contributed by atoms with van der Waals surface area (Å²) in [6.07, 6.45) is 3.89. The van der Waals surface area contributed by atoms with Gasteiger partial charge in [-0.15, -0.1) is 0 Å². The molecule has 2 aromatic heterocycles. The molecule has 0 aliphatic rings. The summed E-state index contributed by atoms with van der Waals surface area (Å²) in [7, 11) is 1.83. The fourth-order valence-corrected chi connectivity index (χ4v) is 1.54. The van der Waals surface area contributed by atoms with Gasteiger partial charge in [-0.25, -0.2) is 0 Å². The van der Waals surface area contributed by atoms with E-state index >= 15 is 0 Å². The minimum absolute atomic E-state index is 0.0247. The van der Waals surface area contributed by atoms with Gasteiger partial charge in [0.25, 0.3) is 0 Å². The smallest absolute Gasteiger partial charge is 0.185 e. The summed E-state index contributed by atoms with van der Waals surface area (Å²) in [5, 5.41) is 4.02. The molecule has 82 valence electrons. The van der Waals surface area contributed by atoms with Crippen LogP contribution < -0.4 is 0 Å². The molecule has 0 unspecified atom stereocenters. The molecule has 0 spiro atoms. The standard InChI is InChI=1S/C12H13N3O/c1-9-4-3-5-11(14-9)12(16)6-10-7-13-15(2)8-10/h3-5,7-8H,6H2,1-2H3. The van der Waals surface area contributed by atoms with Crippen LogP contribution in [-0.2, 0) is 13.5 Å². The maximum Gasteiger partial charge on any atom is 0.185 e. The zero-order valence-electron chi connectivity index (χ0n) is 9.34. The molecule has 0 N–H and O–H groups in total. The summed E-state index contributed by atoms with van der Waals surface area (Å²) in [5.74, 6) is 0.0247. The van der Waals surface area contributed by atoms with Gasteiger partial charge in [-0.3, -0.25) is 14.5 Å². The molecule has 0 fully saturated rings. The molecule has 0 saturated carbocycles. The lowest BCUT2D eigenvalue weighted by Crippen LogP contribution is -2.06. The number of nitrogens with zero attached hydrogens (tertiary/aromatic N) is 3. The second-order valence-corrected chi connectivity index (χ2v) is 3.79. The Morgan fingerprint density at radius 3 is 2.88 bits per heavy atom. The van der Waals surface area contributed by atoms with E-state index in [0.717, 1.165) is 11.3 Å². The van der Waals surface area contributed by atoms with E-state index in [1.54, 1.807) is 16.9 Å². The van der Waals surface area contributed by atoms with Crippen LogP contribution in [0.25, 0.3) is 0 Å². The first-order valence-electron chi connectivity index (χ1n) is 5.09. The molecule has 16 heavy (non-hydrogen) atoms. The summed E-state index contributed by atoms with van der Waals surface area (Å²) in [6, 6.07) is 5.46. The minimum atomic E-state index is 0.0247. The molecular weight excluding hydrogens is 202 g/mol. The van der Waals surface area contributed by atoms with Crippen molar-refractivity contribution in [1.29, 1.82) is 0 Å². The van der Waals surface area contributed by atoms with E-state index in [9.17, 15) is 4.79 Å². The van der Waals surface area contributed by atoms with Gasteiger partial charge in [0.1, 0.15) is 5.69 Å². The number of hydrogen-bond acceptors (Lipinski definition) is 3. The van der Waals surface area contributed by atoms with Crippen LogP contribution in [-0.4, -0.2) is 20.5 Å². The van der Waals surface area contributed by atoms with Gasteiger partial charge in [0.2, 0.25) is 0 Å². The average Bonchev–Trinajstić information content (AvgIpc) is 2.64. The highest BCUT2D eigenvalue weighted by Crippen LogP contribution is 2.05. The predicted molar refractivity (Wildman–Crippen MR) is 60.2 cm³/mol.